The molecule has 0 fully saturated rings. The van der Waals surface area contributed by atoms with Crippen molar-refractivity contribution in [1.82, 2.24) is 9.88 Å². The Labute approximate surface area is 152 Å². The Balaban J connectivity index is 1.53. The molecule has 128 valence electrons. The van der Waals surface area contributed by atoms with Crippen LogP contribution in [0.15, 0.2) is 73.1 Å². The maximum Gasteiger partial charge on any atom is 0.261 e. The Morgan fingerprint density at radius 2 is 1.84 bits per heavy atom. The standard InChI is InChI=1S/C20H19ClN2O2/c1-15(25-19-6-4-5-17(21)13-19)20(24)22-14-16-7-9-18(10-8-16)23-11-2-3-12-23/h2-13,15H,14H2,1H3,(H,22,24)/t15-/m1/s1. The summed E-state index contributed by atoms with van der Waals surface area (Å²) < 4.78 is 7.64. The van der Waals surface area contributed by atoms with Crippen LogP contribution in [0.25, 0.3) is 5.69 Å². The van der Waals surface area contributed by atoms with E-state index in [0.29, 0.717) is 17.3 Å². The number of hydrogen-bond donors (Lipinski definition) is 1. The lowest BCUT2D eigenvalue weighted by Crippen LogP contribution is -2.35. The summed E-state index contributed by atoms with van der Waals surface area (Å²) in [6.07, 6.45) is 3.38. The van der Waals surface area contributed by atoms with Crippen LogP contribution >= 0.6 is 11.6 Å². The van der Waals surface area contributed by atoms with Crippen LogP contribution in [0.5, 0.6) is 5.75 Å². The molecule has 4 nitrogen and oxygen atoms in total. The topological polar surface area (TPSA) is 43.3 Å². The molecule has 25 heavy (non-hydrogen) atoms. The lowest BCUT2D eigenvalue weighted by molar-refractivity contribution is -0.127. The summed E-state index contributed by atoms with van der Waals surface area (Å²) in [4.78, 5) is 12.2. The van der Waals surface area contributed by atoms with Crippen molar-refractivity contribution in [3.63, 3.8) is 0 Å². The number of benzene rings is 2. The van der Waals surface area contributed by atoms with Crippen LogP contribution in [0.4, 0.5) is 0 Å². The maximum atomic E-state index is 12.2. The highest BCUT2D eigenvalue weighted by Gasteiger charge is 2.14. The van der Waals surface area contributed by atoms with Crippen LogP contribution in [-0.4, -0.2) is 16.6 Å². The first-order valence-corrected chi connectivity index (χ1v) is 8.42. The van der Waals surface area contributed by atoms with E-state index in [-0.39, 0.29) is 5.91 Å². The Morgan fingerprint density at radius 3 is 2.52 bits per heavy atom. The van der Waals surface area contributed by atoms with Crippen LogP contribution in [0, 0.1) is 0 Å². The van der Waals surface area contributed by atoms with Gasteiger partial charge in [-0.3, -0.25) is 4.79 Å². The molecule has 0 aliphatic heterocycles. The number of nitrogens with zero attached hydrogens (tertiary/aromatic N) is 1. The summed E-state index contributed by atoms with van der Waals surface area (Å²) in [6.45, 7) is 2.17. The molecule has 0 aliphatic rings. The van der Waals surface area contributed by atoms with Crippen LogP contribution in [-0.2, 0) is 11.3 Å². The van der Waals surface area contributed by atoms with Gasteiger partial charge in [0.15, 0.2) is 6.10 Å². The lowest BCUT2D eigenvalue weighted by atomic mass is 10.2. The average Bonchev–Trinajstić information content (AvgIpc) is 3.14. The summed E-state index contributed by atoms with van der Waals surface area (Å²) in [5, 5.41) is 3.46. The van der Waals surface area contributed by atoms with E-state index in [2.05, 4.69) is 5.32 Å². The molecule has 0 saturated carbocycles. The van der Waals surface area contributed by atoms with Gasteiger partial charge in [0.25, 0.3) is 5.91 Å². The molecule has 1 atom stereocenters. The molecule has 0 saturated heterocycles. The largest absolute Gasteiger partial charge is 0.481 e. The van der Waals surface area contributed by atoms with E-state index in [1.54, 1.807) is 31.2 Å². The van der Waals surface area contributed by atoms with Crippen molar-refractivity contribution < 1.29 is 9.53 Å². The van der Waals surface area contributed by atoms with Crippen LogP contribution in [0.2, 0.25) is 5.02 Å². The highest BCUT2D eigenvalue weighted by atomic mass is 35.5. The number of amides is 1. The molecular formula is C20H19ClN2O2. The molecular weight excluding hydrogens is 336 g/mol. The van der Waals surface area contributed by atoms with E-state index in [4.69, 9.17) is 16.3 Å². The Kier molecular flexibility index (Phi) is 5.41. The van der Waals surface area contributed by atoms with Gasteiger partial charge in [-0.2, -0.15) is 0 Å². The Morgan fingerprint density at radius 1 is 1.12 bits per heavy atom. The van der Waals surface area contributed by atoms with Crippen LogP contribution in [0.3, 0.4) is 0 Å². The molecule has 1 heterocycles. The third kappa shape index (κ3) is 4.64. The summed E-state index contributed by atoms with van der Waals surface area (Å²) in [5.41, 5.74) is 2.11. The second-order valence-corrected chi connectivity index (χ2v) is 6.13. The fourth-order valence-corrected chi connectivity index (χ4v) is 2.60. The highest BCUT2D eigenvalue weighted by molar-refractivity contribution is 6.30. The number of nitrogens with one attached hydrogen (secondary N) is 1. The van der Waals surface area contributed by atoms with Crippen molar-refractivity contribution in [1.29, 1.82) is 0 Å². The molecule has 0 aliphatic carbocycles. The van der Waals surface area contributed by atoms with E-state index < -0.39 is 6.10 Å². The number of ether oxygens (including phenoxy) is 1. The number of hydrogen-bond acceptors (Lipinski definition) is 2. The van der Waals surface area contributed by atoms with E-state index >= 15 is 0 Å². The second kappa shape index (κ2) is 7.90. The van der Waals surface area contributed by atoms with Crippen LogP contribution in [0.1, 0.15) is 12.5 Å². The molecule has 1 aromatic heterocycles. The van der Waals surface area contributed by atoms with Gasteiger partial charge in [-0.15, -0.1) is 0 Å². The summed E-state index contributed by atoms with van der Waals surface area (Å²) in [5.74, 6) is 0.403. The number of carbonyl (C=O) groups excluding carboxylic acids is 1. The predicted molar refractivity (Wildman–Crippen MR) is 99.2 cm³/mol. The lowest BCUT2D eigenvalue weighted by Gasteiger charge is -2.15. The second-order valence-electron chi connectivity index (χ2n) is 5.69. The number of halogens is 1. The molecule has 1 N–H and O–H groups in total. The maximum absolute atomic E-state index is 12.2. The zero-order valence-electron chi connectivity index (χ0n) is 13.9. The molecule has 3 aromatic rings. The molecule has 0 unspecified atom stereocenters. The minimum absolute atomic E-state index is 0.172. The van der Waals surface area contributed by atoms with Gasteiger partial charge >= 0.3 is 0 Å². The van der Waals surface area contributed by atoms with E-state index in [0.717, 1.165) is 11.3 Å². The first kappa shape index (κ1) is 17.1. The third-order valence-electron chi connectivity index (χ3n) is 3.78. The SMILES string of the molecule is C[C@@H](Oc1cccc(Cl)c1)C(=O)NCc1ccc(-n2cccc2)cc1. The van der Waals surface area contributed by atoms with Crippen molar-refractivity contribution in [3.8, 4) is 11.4 Å². The third-order valence-corrected chi connectivity index (χ3v) is 4.02. The summed E-state index contributed by atoms with van der Waals surface area (Å²) in [6, 6.07) is 19.0. The van der Waals surface area contributed by atoms with E-state index in [9.17, 15) is 4.79 Å². The first-order valence-electron chi connectivity index (χ1n) is 8.04. The summed E-state index contributed by atoms with van der Waals surface area (Å²) in [7, 11) is 0. The molecule has 3 rings (SSSR count). The van der Waals surface area contributed by atoms with Gasteiger partial charge in [0.05, 0.1) is 0 Å². The smallest absolute Gasteiger partial charge is 0.261 e. The predicted octanol–water partition coefficient (Wildman–Crippen LogP) is 4.21. The number of rotatable bonds is 6. The molecule has 0 radical (unpaired) electrons. The minimum Gasteiger partial charge on any atom is -0.481 e. The quantitative estimate of drug-likeness (QED) is 0.720. The molecule has 0 bridgehead atoms. The van der Waals surface area contributed by atoms with Crippen molar-refractivity contribution >= 4 is 17.5 Å². The Hall–Kier alpha value is -2.72. The van der Waals surface area contributed by atoms with Gasteiger partial charge in [0, 0.05) is 29.6 Å². The highest BCUT2D eigenvalue weighted by Crippen LogP contribution is 2.18. The van der Waals surface area contributed by atoms with E-state index in [1.165, 1.54) is 0 Å². The first-order chi connectivity index (χ1) is 12.1. The molecule has 5 heteroatoms. The average molecular weight is 355 g/mol. The van der Waals surface area contributed by atoms with Gasteiger partial charge in [0.2, 0.25) is 0 Å². The Bertz CT molecular complexity index is 829. The van der Waals surface area contributed by atoms with Crippen molar-refractivity contribution in [2.45, 2.75) is 19.6 Å². The summed E-state index contributed by atoms with van der Waals surface area (Å²) >= 11 is 5.92. The fraction of sp³-hybridized carbons (Fsp3) is 0.150. The number of carbonyl (C=O) groups is 1. The zero-order chi connectivity index (χ0) is 17.6. The molecule has 0 spiro atoms. The van der Waals surface area contributed by atoms with Gasteiger partial charge in [-0.05, 0) is 55.0 Å². The molecule has 2 aromatic carbocycles. The van der Waals surface area contributed by atoms with Gasteiger partial charge in [-0.25, -0.2) is 0 Å². The van der Waals surface area contributed by atoms with Crippen LogP contribution < -0.4 is 10.1 Å². The van der Waals surface area contributed by atoms with Crippen molar-refractivity contribution in [2.75, 3.05) is 0 Å². The van der Waals surface area contributed by atoms with Gasteiger partial charge in [0.1, 0.15) is 5.75 Å². The zero-order valence-corrected chi connectivity index (χ0v) is 14.6. The van der Waals surface area contributed by atoms with Gasteiger partial charge in [-0.1, -0.05) is 29.8 Å². The fourth-order valence-electron chi connectivity index (χ4n) is 2.42. The van der Waals surface area contributed by atoms with Crippen molar-refractivity contribution in [3.05, 3.63) is 83.6 Å². The van der Waals surface area contributed by atoms with E-state index in [1.807, 2.05) is 53.4 Å². The normalized spacial score (nSPS) is 11.8. The molecule has 1 amide bonds. The monoisotopic (exact) mass is 354 g/mol. The number of aromatic nitrogens is 1. The van der Waals surface area contributed by atoms with Crippen molar-refractivity contribution in [2.24, 2.45) is 0 Å². The minimum atomic E-state index is -0.599. The van der Waals surface area contributed by atoms with Gasteiger partial charge < -0.3 is 14.6 Å².